The van der Waals surface area contributed by atoms with Crippen LogP contribution in [-0.2, 0) is 0 Å². The Kier molecular flexibility index (Phi) is 5.41. The number of hydrogen-bond acceptors (Lipinski definition) is 5. The molecule has 0 spiro atoms. The Balaban J connectivity index is 2.24. The van der Waals surface area contributed by atoms with Gasteiger partial charge in [0.05, 0.1) is 28.4 Å². The quantitative estimate of drug-likeness (QED) is 0.652. The van der Waals surface area contributed by atoms with Crippen molar-refractivity contribution in [2.24, 2.45) is 0 Å². The molecule has 0 unspecified atom stereocenters. The molecule has 3 rings (SSSR count). The molecular formula is C20H12Cl2N2O4. The Bertz CT molecular complexity index is 1200. The van der Waals surface area contributed by atoms with Gasteiger partial charge in [0.2, 0.25) is 0 Å². The normalized spacial score (nSPS) is 10.4. The molecule has 0 radical (unpaired) electrons. The maximum atomic E-state index is 13.0. The molecule has 1 heterocycles. The summed E-state index contributed by atoms with van der Waals surface area (Å²) in [5, 5.41) is 19.7. The van der Waals surface area contributed by atoms with Crippen LogP contribution >= 0.6 is 23.2 Å². The molecule has 6 nitrogen and oxygen atoms in total. The minimum Gasteiger partial charge on any atom is -0.507 e. The summed E-state index contributed by atoms with van der Waals surface area (Å²) in [5.41, 5.74) is -0.719. The molecular weight excluding hydrogens is 403 g/mol. The molecule has 0 aliphatic rings. The molecule has 0 aliphatic carbocycles. The Hall–Kier alpha value is -3.27. The fourth-order valence-electron chi connectivity index (χ4n) is 2.62. The second-order valence-corrected chi connectivity index (χ2v) is 6.50. The van der Waals surface area contributed by atoms with Gasteiger partial charge in [0, 0.05) is 11.8 Å². The van der Waals surface area contributed by atoms with E-state index in [1.54, 1.807) is 18.2 Å². The van der Waals surface area contributed by atoms with Crippen LogP contribution in [0.1, 0.15) is 21.5 Å². The van der Waals surface area contributed by atoms with E-state index in [2.05, 4.69) is 0 Å². The number of hydrogen-bond donors (Lipinski definition) is 1. The first-order valence-electron chi connectivity index (χ1n) is 7.90. The zero-order valence-electron chi connectivity index (χ0n) is 14.4. The maximum Gasteiger partial charge on any atom is 0.273 e. The molecule has 3 aromatic rings. The second kappa shape index (κ2) is 7.77. The minimum absolute atomic E-state index is 0.00995. The van der Waals surface area contributed by atoms with Crippen molar-refractivity contribution in [2.75, 3.05) is 7.11 Å². The summed E-state index contributed by atoms with van der Waals surface area (Å²) in [6.07, 6.45) is 1.25. The van der Waals surface area contributed by atoms with E-state index >= 15 is 0 Å². The smallest absolute Gasteiger partial charge is 0.273 e. The summed E-state index contributed by atoms with van der Waals surface area (Å²) in [7, 11) is 1.43. The monoisotopic (exact) mass is 414 g/mol. The topological polar surface area (TPSA) is 92.3 Å². The summed E-state index contributed by atoms with van der Waals surface area (Å²) in [4.78, 5) is 25.6. The number of ether oxygens (including phenoxy) is 1. The highest BCUT2D eigenvalue weighted by atomic mass is 35.5. The minimum atomic E-state index is -0.655. The molecule has 1 aromatic heterocycles. The van der Waals surface area contributed by atoms with Crippen molar-refractivity contribution in [1.82, 2.24) is 4.57 Å². The predicted octanol–water partition coefficient (Wildman–Crippen LogP) is 3.96. The van der Waals surface area contributed by atoms with E-state index in [1.807, 2.05) is 0 Å². The third-order valence-corrected chi connectivity index (χ3v) is 4.85. The van der Waals surface area contributed by atoms with Crippen LogP contribution in [0.3, 0.4) is 0 Å². The van der Waals surface area contributed by atoms with Crippen molar-refractivity contribution in [3.8, 4) is 23.3 Å². The van der Waals surface area contributed by atoms with Gasteiger partial charge < -0.3 is 9.84 Å². The lowest BCUT2D eigenvalue weighted by molar-refractivity contribution is 0.103. The number of carbonyl (C=O) groups excluding carboxylic acids is 1. The highest BCUT2D eigenvalue weighted by Crippen LogP contribution is 2.29. The van der Waals surface area contributed by atoms with Gasteiger partial charge in [0.1, 0.15) is 23.1 Å². The molecule has 1 N–H and O–H groups in total. The van der Waals surface area contributed by atoms with Crippen molar-refractivity contribution >= 4 is 29.0 Å². The van der Waals surface area contributed by atoms with E-state index in [1.165, 1.54) is 43.6 Å². The molecule has 0 aliphatic heterocycles. The van der Waals surface area contributed by atoms with Crippen LogP contribution in [0.15, 0.2) is 53.5 Å². The summed E-state index contributed by atoms with van der Waals surface area (Å²) in [6, 6.07) is 11.8. The van der Waals surface area contributed by atoms with Crippen molar-refractivity contribution < 1.29 is 14.6 Å². The van der Waals surface area contributed by atoms with Gasteiger partial charge in [-0.25, -0.2) is 0 Å². The summed E-state index contributed by atoms with van der Waals surface area (Å²) in [6.45, 7) is 0. The molecule has 28 heavy (non-hydrogen) atoms. The van der Waals surface area contributed by atoms with Gasteiger partial charge in [0.25, 0.3) is 5.56 Å². The van der Waals surface area contributed by atoms with Crippen LogP contribution in [-0.4, -0.2) is 22.6 Å². The van der Waals surface area contributed by atoms with Crippen LogP contribution in [0, 0.1) is 11.3 Å². The first kappa shape index (κ1) is 19.5. The van der Waals surface area contributed by atoms with Gasteiger partial charge in [-0.3, -0.25) is 14.2 Å². The van der Waals surface area contributed by atoms with E-state index in [-0.39, 0.29) is 38.2 Å². The Labute approximate surface area is 169 Å². The Morgan fingerprint density at radius 3 is 2.64 bits per heavy atom. The third-order valence-electron chi connectivity index (χ3n) is 4.04. The highest BCUT2D eigenvalue weighted by Gasteiger charge is 2.19. The standard InChI is InChI=1S/C20H12Cl2N2O4/c1-28-13-5-6-17(25)14(8-13)19(26)12-7-11(9-23)20(27)24(10-12)16-4-2-3-15(21)18(16)22/h2-8,10,25H,1H3. The number of rotatable bonds is 4. The number of nitrogens with zero attached hydrogens (tertiary/aromatic N) is 2. The summed E-state index contributed by atoms with van der Waals surface area (Å²) < 4.78 is 6.16. The van der Waals surface area contributed by atoms with E-state index in [0.717, 1.165) is 4.57 Å². The fraction of sp³-hybridized carbons (Fsp3) is 0.0500. The number of nitriles is 1. The first-order chi connectivity index (χ1) is 13.4. The molecule has 0 atom stereocenters. The average molecular weight is 415 g/mol. The largest absolute Gasteiger partial charge is 0.507 e. The van der Waals surface area contributed by atoms with Crippen molar-refractivity contribution in [3.05, 3.63) is 85.8 Å². The zero-order chi connectivity index (χ0) is 20.4. The molecule has 0 saturated heterocycles. The van der Waals surface area contributed by atoms with Gasteiger partial charge in [-0.1, -0.05) is 29.3 Å². The van der Waals surface area contributed by atoms with Crippen molar-refractivity contribution in [3.63, 3.8) is 0 Å². The number of methoxy groups -OCH3 is 1. The van der Waals surface area contributed by atoms with E-state index < -0.39 is 11.3 Å². The summed E-state index contributed by atoms with van der Waals surface area (Å²) >= 11 is 12.2. The molecule has 0 bridgehead atoms. The molecule has 0 amide bonds. The Morgan fingerprint density at radius 2 is 1.96 bits per heavy atom. The SMILES string of the molecule is COc1ccc(O)c(C(=O)c2cc(C#N)c(=O)n(-c3cccc(Cl)c3Cl)c2)c1. The number of aromatic hydroxyl groups is 1. The number of carbonyl (C=O) groups is 1. The van der Waals surface area contributed by atoms with E-state index in [0.29, 0.717) is 5.75 Å². The van der Waals surface area contributed by atoms with Gasteiger partial charge in [-0.15, -0.1) is 0 Å². The molecule has 0 fully saturated rings. The Morgan fingerprint density at radius 1 is 1.21 bits per heavy atom. The number of phenolic OH excluding ortho intramolecular Hbond substituents is 1. The summed E-state index contributed by atoms with van der Waals surface area (Å²) in [5.74, 6) is -0.490. The number of ketones is 1. The van der Waals surface area contributed by atoms with Gasteiger partial charge >= 0.3 is 0 Å². The molecule has 2 aromatic carbocycles. The maximum absolute atomic E-state index is 13.0. The van der Waals surface area contributed by atoms with Crippen LogP contribution in [0.2, 0.25) is 10.0 Å². The van der Waals surface area contributed by atoms with Crippen LogP contribution in [0.25, 0.3) is 5.69 Å². The van der Waals surface area contributed by atoms with E-state index in [4.69, 9.17) is 27.9 Å². The van der Waals surface area contributed by atoms with Gasteiger partial charge in [-0.2, -0.15) is 5.26 Å². The second-order valence-electron chi connectivity index (χ2n) is 5.71. The lowest BCUT2D eigenvalue weighted by Gasteiger charge is -2.12. The predicted molar refractivity (Wildman–Crippen MR) is 105 cm³/mol. The van der Waals surface area contributed by atoms with Crippen LogP contribution in [0.4, 0.5) is 0 Å². The number of benzene rings is 2. The fourth-order valence-corrected chi connectivity index (χ4v) is 3.01. The number of halogens is 2. The number of phenols is 1. The zero-order valence-corrected chi connectivity index (χ0v) is 16.0. The molecule has 8 heteroatoms. The number of pyridine rings is 1. The number of aromatic nitrogens is 1. The van der Waals surface area contributed by atoms with Crippen molar-refractivity contribution in [1.29, 1.82) is 5.26 Å². The van der Waals surface area contributed by atoms with Gasteiger partial charge in [-0.05, 0) is 36.4 Å². The highest BCUT2D eigenvalue weighted by molar-refractivity contribution is 6.43. The van der Waals surface area contributed by atoms with E-state index in [9.17, 15) is 20.0 Å². The molecule has 140 valence electrons. The van der Waals surface area contributed by atoms with Crippen LogP contribution in [0.5, 0.6) is 11.5 Å². The first-order valence-corrected chi connectivity index (χ1v) is 8.66. The van der Waals surface area contributed by atoms with Crippen LogP contribution < -0.4 is 10.3 Å². The lowest BCUT2D eigenvalue weighted by Crippen LogP contribution is -2.23. The van der Waals surface area contributed by atoms with Gasteiger partial charge in [0.15, 0.2) is 5.78 Å². The average Bonchev–Trinajstić information content (AvgIpc) is 2.70. The molecule has 0 saturated carbocycles. The van der Waals surface area contributed by atoms with Crippen molar-refractivity contribution in [2.45, 2.75) is 0 Å². The third kappa shape index (κ3) is 3.46. The lowest BCUT2D eigenvalue weighted by atomic mass is 10.0.